The van der Waals surface area contributed by atoms with Gasteiger partial charge in [-0.3, -0.25) is 14.6 Å². The number of carbonyl (C=O) groups is 2. The lowest BCUT2D eigenvalue weighted by Gasteiger charge is -2.58. The van der Waals surface area contributed by atoms with Crippen LogP contribution < -0.4 is 4.74 Å². The van der Waals surface area contributed by atoms with Gasteiger partial charge in [-0.2, -0.15) is 0 Å². The van der Waals surface area contributed by atoms with Crippen LogP contribution in [0.1, 0.15) is 33.0 Å². The lowest BCUT2D eigenvalue weighted by atomic mass is 9.73. The molecule has 0 aliphatic carbocycles. The molecule has 7 nitrogen and oxygen atoms in total. The maximum atomic E-state index is 12.9. The van der Waals surface area contributed by atoms with E-state index in [2.05, 4.69) is 16.8 Å². The van der Waals surface area contributed by atoms with Crippen LogP contribution in [0.3, 0.4) is 0 Å². The van der Waals surface area contributed by atoms with E-state index in [9.17, 15) is 14.7 Å². The summed E-state index contributed by atoms with van der Waals surface area (Å²) in [5.41, 5.74) is 3.29. The number of piperazine rings is 1. The first kappa shape index (κ1) is 22.6. The molecule has 3 heterocycles. The van der Waals surface area contributed by atoms with Gasteiger partial charge < -0.3 is 19.6 Å². The van der Waals surface area contributed by atoms with Gasteiger partial charge in [-0.25, -0.2) is 0 Å². The Kier molecular flexibility index (Phi) is 6.21. The Balaban J connectivity index is 1.33. The third-order valence-corrected chi connectivity index (χ3v) is 6.70. The van der Waals surface area contributed by atoms with E-state index in [1.807, 2.05) is 48.5 Å². The quantitative estimate of drug-likeness (QED) is 0.596. The normalized spacial score (nSPS) is 20.9. The van der Waals surface area contributed by atoms with Crippen molar-refractivity contribution < 1.29 is 19.4 Å². The third kappa shape index (κ3) is 4.36. The number of pyridine rings is 1. The van der Waals surface area contributed by atoms with Crippen LogP contribution in [-0.4, -0.2) is 70.6 Å². The number of aromatic nitrogens is 1. The molecule has 2 aromatic carbocycles. The molecule has 35 heavy (non-hydrogen) atoms. The molecule has 0 spiro atoms. The van der Waals surface area contributed by atoms with Gasteiger partial charge >= 0.3 is 0 Å². The van der Waals surface area contributed by atoms with E-state index in [0.717, 1.165) is 22.4 Å². The zero-order valence-corrected chi connectivity index (χ0v) is 19.3. The highest BCUT2D eigenvalue weighted by molar-refractivity contribution is 5.97. The van der Waals surface area contributed by atoms with E-state index in [1.165, 1.54) is 0 Å². The average molecular weight is 468 g/mol. The maximum Gasteiger partial charge on any atom is 0.254 e. The fourth-order valence-corrected chi connectivity index (χ4v) is 4.94. The summed E-state index contributed by atoms with van der Waals surface area (Å²) in [7, 11) is 1.63. The van der Waals surface area contributed by atoms with Gasteiger partial charge in [-0.15, -0.1) is 0 Å². The summed E-state index contributed by atoms with van der Waals surface area (Å²) in [4.78, 5) is 33.1. The molecule has 5 rings (SSSR count). The molecule has 2 aliphatic rings. The van der Waals surface area contributed by atoms with Crippen molar-refractivity contribution in [2.45, 2.75) is 18.0 Å². The lowest BCUT2D eigenvalue weighted by molar-refractivity contribution is -0.159. The number of aliphatic hydroxyl groups excluding tert-OH is 1. The maximum absolute atomic E-state index is 12.9. The van der Waals surface area contributed by atoms with E-state index in [-0.39, 0.29) is 43.0 Å². The Labute approximate surface area is 204 Å². The molecule has 2 aliphatic heterocycles. The number of nitrogens with zero attached hydrogens (tertiary/aromatic N) is 3. The highest BCUT2D eigenvalue weighted by Gasteiger charge is 2.54. The second-order valence-corrected chi connectivity index (χ2v) is 8.67. The van der Waals surface area contributed by atoms with E-state index in [1.54, 1.807) is 41.4 Å². The Hall–Kier alpha value is -4.15. The van der Waals surface area contributed by atoms with Crippen LogP contribution in [0.2, 0.25) is 0 Å². The second-order valence-electron chi connectivity index (χ2n) is 8.67. The Morgan fingerprint density at radius 2 is 1.66 bits per heavy atom. The van der Waals surface area contributed by atoms with Crippen molar-refractivity contribution in [1.82, 2.24) is 14.8 Å². The number of hydrogen-bond donors (Lipinski definition) is 1. The SMILES string of the molecule is COc1ccc(C#Cc2ccc([C@H]3[C@H](CO)N4C(=O)CN(C(=O)c5ccncc5)C[C@@H]34)cc2)cc1. The molecule has 2 amide bonds. The summed E-state index contributed by atoms with van der Waals surface area (Å²) >= 11 is 0. The van der Waals surface area contributed by atoms with Gasteiger partial charge in [0.25, 0.3) is 5.91 Å². The Morgan fingerprint density at radius 3 is 2.26 bits per heavy atom. The number of benzene rings is 2. The standard InChI is InChI=1S/C28H25N3O4/c1-35-23-10-6-20(7-11-23)3-2-19-4-8-21(9-5-19)27-24-16-30(17-26(33)31(24)25(27)18-32)28(34)22-12-14-29-15-13-22/h4-15,24-25,27,32H,16-18H2,1H3/t24-,25-,27+/m0/s1. The zero-order valence-electron chi connectivity index (χ0n) is 19.3. The highest BCUT2D eigenvalue weighted by Crippen LogP contribution is 2.43. The number of rotatable bonds is 4. The van der Waals surface area contributed by atoms with Crippen molar-refractivity contribution in [3.63, 3.8) is 0 Å². The van der Waals surface area contributed by atoms with Crippen molar-refractivity contribution >= 4 is 11.8 Å². The summed E-state index contributed by atoms with van der Waals surface area (Å²) in [6.45, 7) is 0.318. The molecule has 2 saturated heterocycles. The van der Waals surface area contributed by atoms with Crippen LogP contribution in [0.5, 0.6) is 5.75 Å². The molecular weight excluding hydrogens is 442 g/mol. The summed E-state index contributed by atoms with van der Waals surface area (Å²) in [5.74, 6) is 6.72. The van der Waals surface area contributed by atoms with Crippen LogP contribution in [-0.2, 0) is 4.79 Å². The predicted molar refractivity (Wildman–Crippen MR) is 130 cm³/mol. The van der Waals surface area contributed by atoms with Gasteiger partial charge in [0.1, 0.15) is 12.3 Å². The van der Waals surface area contributed by atoms with Gasteiger partial charge in [0.2, 0.25) is 5.91 Å². The van der Waals surface area contributed by atoms with Crippen molar-refractivity contribution in [2.24, 2.45) is 0 Å². The minimum Gasteiger partial charge on any atom is -0.497 e. The average Bonchev–Trinajstić information content (AvgIpc) is 2.89. The summed E-state index contributed by atoms with van der Waals surface area (Å²) in [5, 5.41) is 10.0. The molecule has 1 N–H and O–H groups in total. The van der Waals surface area contributed by atoms with Crippen molar-refractivity contribution in [1.29, 1.82) is 0 Å². The van der Waals surface area contributed by atoms with E-state index in [0.29, 0.717) is 12.1 Å². The molecule has 0 bridgehead atoms. The van der Waals surface area contributed by atoms with Gasteiger partial charge in [0.05, 0.1) is 25.8 Å². The van der Waals surface area contributed by atoms with Gasteiger partial charge in [0, 0.05) is 41.5 Å². The minimum absolute atomic E-state index is 0.0146. The van der Waals surface area contributed by atoms with Crippen LogP contribution in [0.25, 0.3) is 0 Å². The van der Waals surface area contributed by atoms with Gasteiger partial charge in [0.15, 0.2) is 0 Å². The van der Waals surface area contributed by atoms with Crippen LogP contribution in [0.15, 0.2) is 73.1 Å². The Bertz CT molecular complexity index is 1280. The van der Waals surface area contributed by atoms with E-state index < -0.39 is 0 Å². The third-order valence-electron chi connectivity index (χ3n) is 6.70. The fraction of sp³-hybridized carbons (Fsp3) is 0.250. The molecule has 3 atom stereocenters. The number of hydrogen-bond acceptors (Lipinski definition) is 5. The number of aliphatic hydroxyl groups is 1. The van der Waals surface area contributed by atoms with Gasteiger partial charge in [-0.1, -0.05) is 24.0 Å². The number of ether oxygens (including phenoxy) is 1. The van der Waals surface area contributed by atoms with E-state index in [4.69, 9.17) is 4.74 Å². The predicted octanol–water partition coefficient (Wildman–Crippen LogP) is 2.30. The number of fused-ring (bicyclic) bond motifs is 1. The largest absolute Gasteiger partial charge is 0.497 e. The van der Waals surface area contributed by atoms with Crippen LogP contribution >= 0.6 is 0 Å². The molecule has 0 radical (unpaired) electrons. The molecular formula is C28H25N3O4. The minimum atomic E-state index is -0.290. The molecule has 7 heteroatoms. The molecule has 0 unspecified atom stereocenters. The van der Waals surface area contributed by atoms with Crippen molar-refractivity contribution in [3.8, 4) is 17.6 Å². The fourth-order valence-electron chi connectivity index (χ4n) is 4.94. The summed E-state index contributed by atoms with van der Waals surface area (Å²) in [6.07, 6.45) is 3.14. The summed E-state index contributed by atoms with van der Waals surface area (Å²) < 4.78 is 5.17. The van der Waals surface area contributed by atoms with E-state index >= 15 is 0 Å². The zero-order chi connectivity index (χ0) is 24.4. The smallest absolute Gasteiger partial charge is 0.254 e. The van der Waals surface area contributed by atoms with Crippen LogP contribution in [0.4, 0.5) is 0 Å². The molecule has 1 aromatic heterocycles. The Morgan fingerprint density at radius 1 is 1.03 bits per heavy atom. The van der Waals surface area contributed by atoms with Gasteiger partial charge in [-0.05, 0) is 54.1 Å². The molecule has 3 aromatic rings. The highest BCUT2D eigenvalue weighted by atomic mass is 16.5. The second kappa shape index (κ2) is 9.61. The number of carbonyl (C=O) groups excluding carboxylic acids is 2. The monoisotopic (exact) mass is 467 g/mol. The molecule has 176 valence electrons. The first-order valence-electron chi connectivity index (χ1n) is 11.5. The molecule has 2 fully saturated rings. The van der Waals surface area contributed by atoms with Crippen molar-refractivity contribution in [2.75, 3.05) is 26.8 Å². The topological polar surface area (TPSA) is 83.0 Å². The van der Waals surface area contributed by atoms with Crippen molar-refractivity contribution in [3.05, 3.63) is 95.3 Å². The number of amides is 2. The molecule has 0 saturated carbocycles. The van der Waals surface area contributed by atoms with Crippen LogP contribution in [0, 0.1) is 11.8 Å². The lowest BCUT2D eigenvalue weighted by Crippen LogP contribution is -2.73. The summed E-state index contributed by atoms with van der Waals surface area (Å²) in [6, 6.07) is 18.3. The first-order valence-corrected chi connectivity index (χ1v) is 11.5. The number of methoxy groups -OCH3 is 1. The first-order chi connectivity index (χ1) is 17.1.